The van der Waals surface area contributed by atoms with Crippen LogP contribution in [0.15, 0.2) is 30.3 Å². The van der Waals surface area contributed by atoms with E-state index in [1.807, 2.05) is 25.2 Å². The SMILES string of the molecule is CN(C=O)C(CN1CCCCC1)c1ccccc1. The first-order chi connectivity index (χ1) is 8.81. The van der Waals surface area contributed by atoms with Crippen molar-refractivity contribution in [2.45, 2.75) is 25.3 Å². The maximum absolute atomic E-state index is 11.1. The van der Waals surface area contributed by atoms with E-state index in [4.69, 9.17) is 0 Å². The largest absolute Gasteiger partial charge is 0.340 e. The van der Waals surface area contributed by atoms with Crippen LogP contribution in [0.1, 0.15) is 30.9 Å². The lowest BCUT2D eigenvalue weighted by atomic mass is 10.0. The Kier molecular flexibility index (Phi) is 4.76. The molecular formula is C15H22N2O. The third-order valence-electron chi connectivity index (χ3n) is 3.72. The second-order valence-electron chi connectivity index (χ2n) is 5.06. The van der Waals surface area contributed by atoms with Crippen LogP contribution in [0, 0.1) is 0 Å². The third kappa shape index (κ3) is 3.33. The van der Waals surface area contributed by atoms with Crippen molar-refractivity contribution in [1.82, 2.24) is 9.80 Å². The molecule has 0 bridgehead atoms. The minimum atomic E-state index is 0.168. The van der Waals surface area contributed by atoms with Gasteiger partial charge in [-0.25, -0.2) is 0 Å². The van der Waals surface area contributed by atoms with Crippen LogP contribution in [0.5, 0.6) is 0 Å². The average molecular weight is 246 g/mol. The molecule has 1 aliphatic rings. The number of rotatable bonds is 5. The molecule has 1 heterocycles. The fourth-order valence-corrected chi connectivity index (χ4v) is 2.60. The standard InChI is InChI=1S/C15H22N2O/c1-16(13-18)15(14-8-4-2-5-9-14)12-17-10-6-3-7-11-17/h2,4-5,8-9,13,15H,3,6-7,10-12H2,1H3. The summed E-state index contributed by atoms with van der Waals surface area (Å²) in [5, 5.41) is 0. The van der Waals surface area contributed by atoms with Gasteiger partial charge < -0.3 is 9.80 Å². The molecule has 18 heavy (non-hydrogen) atoms. The molecule has 0 aromatic heterocycles. The molecule has 0 aliphatic carbocycles. The maximum Gasteiger partial charge on any atom is 0.210 e. The maximum atomic E-state index is 11.1. The molecule has 1 saturated heterocycles. The van der Waals surface area contributed by atoms with Gasteiger partial charge in [-0.2, -0.15) is 0 Å². The number of amides is 1. The summed E-state index contributed by atoms with van der Waals surface area (Å²) in [6, 6.07) is 10.5. The molecule has 0 N–H and O–H groups in total. The van der Waals surface area contributed by atoms with Crippen LogP contribution in [-0.2, 0) is 4.79 Å². The first-order valence-electron chi connectivity index (χ1n) is 6.76. The smallest absolute Gasteiger partial charge is 0.210 e. The van der Waals surface area contributed by atoms with Gasteiger partial charge in [-0.05, 0) is 31.5 Å². The summed E-state index contributed by atoms with van der Waals surface area (Å²) in [6.45, 7) is 3.27. The Hall–Kier alpha value is -1.35. The highest BCUT2D eigenvalue weighted by Gasteiger charge is 2.20. The average Bonchev–Trinajstić information content (AvgIpc) is 2.46. The summed E-state index contributed by atoms with van der Waals surface area (Å²) >= 11 is 0. The lowest BCUT2D eigenvalue weighted by molar-refractivity contribution is -0.119. The van der Waals surface area contributed by atoms with E-state index in [0.717, 1.165) is 26.0 Å². The zero-order chi connectivity index (χ0) is 12.8. The molecule has 2 rings (SSSR count). The van der Waals surface area contributed by atoms with Crippen LogP contribution >= 0.6 is 0 Å². The summed E-state index contributed by atoms with van der Waals surface area (Å²) in [5.74, 6) is 0. The molecule has 1 unspecified atom stereocenters. The molecule has 1 aromatic rings. The van der Waals surface area contributed by atoms with Gasteiger partial charge >= 0.3 is 0 Å². The Morgan fingerprint density at radius 2 is 1.89 bits per heavy atom. The Labute approximate surface area is 109 Å². The van der Waals surface area contributed by atoms with E-state index in [2.05, 4.69) is 17.0 Å². The van der Waals surface area contributed by atoms with Gasteiger partial charge in [0.15, 0.2) is 0 Å². The second kappa shape index (κ2) is 6.55. The normalized spacial score (nSPS) is 18.3. The number of benzene rings is 1. The predicted octanol–water partition coefficient (Wildman–Crippen LogP) is 2.30. The quantitative estimate of drug-likeness (QED) is 0.744. The number of hydrogen-bond acceptors (Lipinski definition) is 2. The highest BCUT2D eigenvalue weighted by Crippen LogP contribution is 2.21. The molecule has 1 aliphatic heterocycles. The van der Waals surface area contributed by atoms with Crippen molar-refractivity contribution >= 4 is 6.41 Å². The Morgan fingerprint density at radius 3 is 2.50 bits per heavy atom. The fraction of sp³-hybridized carbons (Fsp3) is 0.533. The Morgan fingerprint density at radius 1 is 1.22 bits per heavy atom. The number of likely N-dealkylation sites (tertiary alicyclic amines) is 1. The lowest BCUT2D eigenvalue weighted by Gasteiger charge is -2.33. The summed E-state index contributed by atoms with van der Waals surface area (Å²) in [6.07, 6.45) is 4.84. The van der Waals surface area contributed by atoms with Crippen molar-refractivity contribution in [3.8, 4) is 0 Å². The van der Waals surface area contributed by atoms with Gasteiger partial charge in [0.1, 0.15) is 0 Å². The Balaban J connectivity index is 2.07. The molecule has 98 valence electrons. The van der Waals surface area contributed by atoms with Crippen molar-refractivity contribution in [3.63, 3.8) is 0 Å². The van der Waals surface area contributed by atoms with Gasteiger partial charge in [-0.15, -0.1) is 0 Å². The number of piperidine rings is 1. The predicted molar refractivity (Wildman–Crippen MR) is 73.3 cm³/mol. The summed E-state index contributed by atoms with van der Waals surface area (Å²) < 4.78 is 0. The summed E-state index contributed by atoms with van der Waals surface area (Å²) in [5.41, 5.74) is 1.22. The molecule has 0 spiro atoms. The molecule has 0 saturated carbocycles. The highest BCUT2D eigenvalue weighted by molar-refractivity contribution is 5.48. The molecule has 1 amide bonds. The van der Waals surface area contributed by atoms with Crippen molar-refractivity contribution in [3.05, 3.63) is 35.9 Å². The van der Waals surface area contributed by atoms with Crippen LogP contribution in [0.25, 0.3) is 0 Å². The van der Waals surface area contributed by atoms with Crippen LogP contribution in [0.4, 0.5) is 0 Å². The van der Waals surface area contributed by atoms with Crippen molar-refractivity contribution in [1.29, 1.82) is 0 Å². The number of carbonyl (C=O) groups excluding carboxylic acids is 1. The van der Waals surface area contributed by atoms with Crippen molar-refractivity contribution < 1.29 is 4.79 Å². The van der Waals surface area contributed by atoms with Crippen LogP contribution in [-0.4, -0.2) is 42.9 Å². The van der Waals surface area contributed by atoms with Gasteiger partial charge in [0, 0.05) is 13.6 Å². The first-order valence-corrected chi connectivity index (χ1v) is 6.76. The number of likely N-dealkylation sites (N-methyl/N-ethyl adjacent to an activating group) is 1. The van der Waals surface area contributed by atoms with E-state index in [9.17, 15) is 4.79 Å². The van der Waals surface area contributed by atoms with E-state index < -0.39 is 0 Å². The van der Waals surface area contributed by atoms with Crippen LogP contribution in [0.2, 0.25) is 0 Å². The minimum Gasteiger partial charge on any atom is -0.340 e. The Bertz CT molecular complexity index is 360. The summed E-state index contributed by atoms with van der Waals surface area (Å²) in [7, 11) is 1.87. The van der Waals surface area contributed by atoms with Crippen LogP contribution < -0.4 is 0 Å². The van der Waals surface area contributed by atoms with E-state index in [1.54, 1.807) is 4.90 Å². The molecule has 0 radical (unpaired) electrons. The van der Waals surface area contributed by atoms with E-state index in [1.165, 1.54) is 24.8 Å². The van der Waals surface area contributed by atoms with Crippen molar-refractivity contribution in [2.24, 2.45) is 0 Å². The minimum absolute atomic E-state index is 0.168. The zero-order valence-corrected chi connectivity index (χ0v) is 11.1. The molecule has 1 atom stereocenters. The first kappa shape index (κ1) is 13.1. The number of nitrogens with zero attached hydrogens (tertiary/aromatic N) is 2. The van der Waals surface area contributed by atoms with Gasteiger partial charge in [0.2, 0.25) is 6.41 Å². The van der Waals surface area contributed by atoms with Gasteiger partial charge in [0.25, 0.3) is 0 Å². The van der Waals surface area contributed by atoms with Gasteiger partial charge in [-0.3, -0.25) is 4.79 Å². The topological polar surface area (TPSA) is 23.6 Å². The monoisotopic (exact) mass is 246 g/mol. The lowest BCUT2D eigenvalue weighted by Crippen LogP contribution is -2.38. The van der Waals surface area contributed by atoms with Crippen LogP contribution in [0.3, 0.4) is 0 Å². The van der Waals surface area contributed by atoms with Crippen molar-refractivity contribution in [2.75, 3.05) is 26.7 Å². The summed E-state index contributed by atoms with van der Waals surface area (Å²) in [4.78, 5) is 15.3. The second-order valence-corrected chi connectivity index (χ2v) is 5.06. The van der Waals surface area contributed by atoms with E-state index in [-0.39, 0.29) is 6.04 Å². The third-order valence-corrected chi connectivity index (χ3v) is 3.72. The zero-order valence-electron chi connectivity index (χ0n) is 11.1. The van der Waals surface area contributed by atoms with E-state index >= 15 is 0 Å². The molecule has 1 aromatic carbocycles. The molecule has 1 fully saturated rings. The number of carbonyl (C=O) groups is 1. The molecular weight excluding hydrogens is 224 g/mol. The van der Waals surface area contributed by atoms with E-state index in [0.29, 0.717) is 0 Å². The molecule has 3 nitrogen and oxygen atoms in total. The fourth-order valence-electron chi connectivity index (χ4n) is 2.60. The van der Waals surface area contributed by atoms with Gasteiger partial charge in [-0.1, -0.05) is 36.8 Å². The molecule has 3 heteroatoms. The number of hydrogen-bond donors (Lipinski definition) is 0. The highest BCUT2D eigenvalue weighted by atomic mass is 16.1. The van der Waals surface area contributed by atoms with Gasteiger partial charge in [0.05, 0.1) is 6.04 Å².